The summed E-state index contributed by atoms with van der Waals surface area (Å²) in [6.07, 6.45) is 3.42. The van der Waals surface area contributed by atoms with Gasteiger partial charge in [-0.25, -0.2) is 0 Å². The van der Waals surface area contributed by atoms with Crippen molar-refractivity contribution >= 4 is 32.1 Å². The molecule has 2 aliphatic heterocycles. The molecule has 126 valence electrons. The number of carbonyl (C=O) groups is 1. The van der Waals surface area contributed by atoms with Crippen LogP contribution in [0.5, 0.6) is 0 Å². The van der Waals surface area contributed by atoms with Crippen LogP contribution in [0.4, 0.5) is 0 Å². The molecule has 0 amide bonds. The molecule has 1 aromatic rings. The quantitative estimate of drug-likeness (QED) is 0.533. The van der Waals surface area contributed by atoms with Gasteiger partial charge in [0.15, 0.2) is 0 Å². The van der Waals surface area contributed by atoms with Gasteiger partial charge in [-0.05, 0) is 0 Å². The molecule has 2 saturated heterocycles. The molecule has 2 aliphatic rings. The molecular formula is C19H29NO2Sn. The van der Waals surface area contributed by atoms with Crippen LogP contribution in [0.15, 0.2) is 6.07 Å². The summed E-state index contributed by atoms with van der Waals surface area (Å²) in [6.45, 7) is 6.74. The third-order valence-corrected chi connectivity index (χ3v) is 11.1. The Morgan fingerprint density at radius 1 is 1.26 bits per heavy atom. The molecule has 2 fully saturated rings. The number of aryl methyl sites for hydroxylation is 1. The van der Waals surface area contributed by atoms with Gasteiger partial charge < -0.3 is 0 Å². The van der Waals surface area contributed by atoms with Crippen LogP contribution in [0.3, 0.4) is 0 Å². The molecule has 0 saturated carbocycles. The number of hydrogen-bond acceptors (Lipinski definition) is 3. The van der Waals surface area contributed by atoms with Crippen LogP contribution in [0, 0.1) is 26.7 Å². The Bertz CT molecular complexity index is 643. The second-order valence-corrected chi connectivity index (χ2v) is 10.4. The van der Waals surface area contributed by atoms with Crippen molar-refractivity contribution in [3.63, 3.8) is 0 Å². The average Bonchev–Trinajstić information content (AvgIpc) is 2.77. The zero-order chi connectivity index (χ0) is 16.9. The predicted octanol–water partition coefficient (Wildman–Crippen LogP) is 1.34. The van der Waals surface area contributed by atoms with E-state index < -0.39 is 0 Å². The molecule has 4 unspecified atom stereocenters. The zero-order valence-electron chi connectivity index (χ0n) is 15.3. The van der Waals surface area contributed by atoms with Crippen LogP contribution >= 0.6 is 0 Å². The Hall–Kier alpha value is -0.551. The SMILES string of the molecule is COC(=O)C1C(c2cc(C)[c]([SnH3])c(C)c2C)CC2CCC1N2C. The van der Waals surface area contributed by atoms with Crippen molar-refractivity contribution in [2.24, 2.45) is 5.92 Å². The van der Waals surface area contributed by atoms with E-state index in [0.717, 1.165) is 12.8 Å². The van der Waals surface area contributed by atoms with Crippen LogP contribution in [-0.2, 0) is 9.53 Å². The number of hydrogen-bond donors (Lipinski definition) is 0. The molecule has 0 radical (unpaired) electrons. The molecule has 0 N–H and O–H groups in total. The summed E-state index contributed by atoms with van der Waals surface area (Å²) in [5.41, 5.74) is 5.70. The summed E-state index contributed by atoms with van der Waals surface area (Å²) in [6, 6.07) is 3.33. The maximum absolute atomic E-state index is 12.6. The third kappa shape index (κ3) is 2.74. The summed E-state index contributed by atoms with van der Waals surface area (Å²) in [5.74, 6) is 0.262. The van der Waals surface area contributed by atoms with Gasteiger partial charge in [-0.15, -0.1) is 0 Å². The standard InChI is InChI=1S/C19H26NO2.Sn.3H/c1-11-8-12(2)13(3)15(9-11)16-10-14-6-7-17(20(14)4)18(16)19(21)22-5;;;;/h9,14,16-18H,6-7,10H2,1-5H3;;;;. The predicted molar refractivity (Wildman–Crippen MR) is 97.7 cm³/mol. The van der Waals surface area contributed by atoms with Crippen molar-refractivity contribution in [2.45, 2.75) is 58.0 Å². The summed E-state index contributed by atoms with van der Waals surface area (Å²) in [7, 11) is 3.72. The Morgan fingerprint density at radius 3 is 2.61 bits per heavy atom. The fourth-order valence-electron chi connectivity index (χ4n) is 4.87. The van der Waals surface area contributed by atoms with Gasteiger partial charge in [0.25, 0.3) is 0 Å². The molecule has 0 spiro atoms. The molecule has 4 atom stereocenters. The number of carbonyl (C=O) groups excluding carboxylic acids is 1. The van der Waals surface area contributed by atoms with E-state index in [1.165, 1.54) is 35.8 Å². The normalized spacial score (nSPS) is 30.7. The number of benzene rings is 1. The number of methoxy groups -OCH3 is 1. The van der Waals surface area contributed by atoms with Crippen LogP contribution in [-0.4, -0.2) is 59.6 Å². The van der Waals surface area contributed by atoms with E-state index in [2.05, 4.69) is 38.8 Å². The minimum absolute atomic E-state index is 0.0209. The van der Waals surface area contributed by atoms with Gasteiger partial charge in [-0.3, -0.25) is 0 Å². The van der Waals surface area contributed by atoms with Crippen LogP contribution in [0.1, 0.15) is 47.4 Å². The van der Waals surface area contributed by atoms with Crippen LogP contribution in [0.25, 0.3) is 0 Å². The molecule has 2 bridgehead atoms. The van der Waals surface area contributed by atoms with Gasteiger partial charge in [0.1, 0.15) is 0 Å². The summed E-state index contributed by atoms with van der Waals surface area (Å²) in [5, 5.41) is 0. The van der Waals surface area contributed by atoms with E-state index in [1.54, 1.807) is 3.58 Å². The first-order valence-electron chi connectivity index (χ1n) is 8.73. The fourth-order valence-corrected chi connectivity index (χ4v) is 6.35. The topological polar surface area (TPSA) is 29.5 Å². The molecular weight excluding hydrogens is 393 g/mol. The first-order chi connectivity index (χ1) is 10.9. The van der Waals surface area contributed by atoms with Crippen LogP contribution in [0.2, 0.25) is 0 Å². The van der Waals surface area contributed by atoms with E-state index in [-0.39, 0.29) is 11.9 Å². The Kier molecular flexibility index (Phi) is 4.80. The van der Waals surface area contributed by atoms with Gasteiger partial charge in [-0.1, -0.05) is 0 Å². The molecule has 3 nitrogen and oxygen atoms in total. The Labute approximate surface area is 152 Å². The third-order valence-electron chi connectivity index (χ3n) is 6.66. The number of nitrogens with zero attached hydrogens (tertiary/aromatic N) is 1. The fraction of sp³-hybridized carbons (Fsp3) is 0.632. The average molecular weight is 422 g/mol. The van der Waals surface area contributed by atoms with E-state index in [0.29, 0.717) is 40.5 Å². The molecule has 3 rings (SSSR count). The van der Waals surface area contributed by atoms with Crippen molar-refractivity contribution in [1.29, 1.82) is 0 Å². The maximum atomic E-state index is 12.6. The summed E-state index contributed by atoms with van der Waals surface area (Å²) in [4.78, 5) is 15.0. The molecule has 4 heteroatoms. The van der Waals surface area contributed by atoms with Gasteiger partial charge >= 0.3 is 153 Å². The molecule has 0 aliphatic carbocycles. The van der Waals surface area contributed by atoms with Crippen molar-refractivity contribution in [3.8, 4) is 0 Å². The monoisotopic (exact) mass is 423 g/mol. The second-order valence-electron chi connectivity index (χ2n) is 7.51. The number of piperidine rings is 1. The van der Waals surface area contributed by atoms with Crippen molar-refractivity contribution in [3.05, 3.63) is 28.3 Å². The number of fused-ring (bicyclic) bond motifs is 2. The zero-order valence-corrected chi connectivity index (χ0v) is 21.0. The van der Waals surface area contributed by atoms with Gasteiger partial charge in [0, 0.05) is 0 Å². The first-order valence-corrected chi connectivity index (χ1v) is 11.6. The number of ether oxygens (including phenoxy) is 1. The van der Waals surface area contributed by atoms with E-state index >= 15 is 0 Å². The number of esters is 1. The molecule has 23 heavy (non-hydrogen) atoms. The number of rotatable bonds is 2. The van der Waals surface area contributed by atoms with Gasteiger partial charge in [0.05, 0.1) is 0 Å². The van der Waals surface area contributed by atoms with E-state index in [9.17, 15) is 4.79 Å². The van der Waals surface area contributed by atoms with Crippen LogP contribution < -0.4 is 3.58 Å². The van der Waals surface area contributed by atoms with Crippen molar-refractivity contribution < 1.29 is 9.53 Å². The van der Waals surface area contributed by atoms with Crippen molar-refractivity contribution in [2.75, 3.05) is 14.2 Å². The first kappa shape index (κ1) is 17.3. The summed E-state index contributed by atoms with van der Waals surface area (Å²) >= 11 is 0.513. The summed E-state index contributed by atoms with van der Waals surface area (Å²) < 4.78 is 6.79. The van der Waals surface area contributed by atoms with E-state index in [1.807, 2.05) is 0 Å². The van der Waals surface area contributed by atoms with Gasteiger partial charge in [-0.2, -0.15) is 0 Å². The Balaban J connectivity index is 2.09. The van der Waals surface area contributed by atoms with Gasteiger partial charge in [0.2, 0.25) is 0 Å². The van der Waals surface area contributed by atoms with E-state index in [4.69, 9.17) is 4.74 Å². The molecule has 1 aromatic carbocycles. The Morgan fingerprint density at radius 2 is 1.96 bits per heavy atom. The molecule has 0 aromatic heterocycles. The molecule has 2 heterocycles. The minimum atomic E-state index is -0.0262. The van der Waals surface area contributed by atoms with Crippen molar-refractivity contribution in [1.82, 2.24) is 4.90 Å². The second kappa shape index (κ2) is 6.40.